The van der Waals surface area contributed by atoms with Crippen LogP contribution in [0.15, 0.2) is 29.3 Å². The van der Waals surface area contributed by atoms with Crippen LogP contribution in [0, 0.1) is 0 Å². The average Bonchev–Trinajstić information content (AvgIpc) is 2.62. The molecule has 134 valence electrons. The Morgan fingerprint density at radius 1 is 1.21 bits per heavy atom. The molecule has 0 spiro atoms. The van der Waals surface area contributed by atoms with Gasteiger partial charge in [0.25, 0.3) is 0 Å². The van der Waals surface area contributed by atoms with Gasteiger partial charge in [-0.1, -0.05) is 31.2 Å². The number of hydrogen-bond acceptors (Lipinski definition) is 3. The number of benzene rings is 1. The van der Waals surface area contributed by atoms with Crippen LogP contribution in [0.25, 0.3) is 0 Å². The smallest absolute Gasteiger partial charge is 0.191 e. The molecule has 0 radical (unpaired) electrons. The Morgan fingerprint density at radius 3 is 2.62 bits per heavy atom. The van der Waals surface area contributed by atoms with E-state index in [-0.39, 0.29) is 24.0 Å². The minimum absolute atomic E-state index is 0. The molecule has 24 heavy (non-hydrogen) atoms. The van der Waals surface area contributed by atoms with Crippen LogP contribution in [0.4, 0.5) is 0 Å². The highest BCUT2D eigenvalue weighted by Gasteiger charge is 2.22. The number of nitrogens with two attached hydrogens (primary N) is 1. The first-order valence-corrected chi connectivity index (χ1v) is 8.71. The van der Waals surface area contributed by atoms with Crippen LogP contribution in [0.5, 0.6) is 0 Å². The van der Waals surface area contributed by atoms with Crippen molar-refractivity contribution >= 4 is 29.9 Å². The summed E-state index contributed by atoms with van der Waals surface area (Å²) >= 11 is 0. The third-order valence-electron chi connectivity index (χ3n) is 4.95. The summed E-state index contributed by atoms with van der Waals surface area (Å²) in [7, 11) is 0. The van der Waals surface area contributed by atoms with Gasteiger partial charge >= 0.3 is 0 Å². The van der Waals surface area contributed by atoms with E-state index in [1.54, 1.807) is 0 Å². The molecule has 5 nitrogen and oxygen atoms in total. The third kappa shape index (κ3) is 4.83. The first-order chi connectivity index (χ1) is 11.3. The fourth-order valence-corrected chi connectivity index (χ4v) is 3.42. The normalized spacial score (nSPS) is 20.2. The molecule has 1 unspecified atom stereocenters. The molecule has 0 aromatic heterocycles. The maximum Gasteiger partial charge on any atom is 0.191 e. The lowest BCUT2D eigenvalue weighted by Gasteiger charge is -2.35. The average molecular weight is 444 g/mol. The molecule has 0 amide bonds. The number of nitrogens with zero attached hydrogens (tertiary/aromatic N) is 3. The molecule has 2 N–H and O–H groups in total. The Morgan fingerprint density at radius 2 is 1.92 bits per heavy atom. The number of fused-ring (bicyclic) bond motifs is 1. The fourth-order valence-electron chi connectivity index (χ4n) is 3.42. The predicted molar refractivity (Wildman–Crippen MR) is 109 cm³/mol. The molecule has 2 aliphatic rings. The van der Waals surface area contributed by atoms with E-state index in [2.05, 4.69) is 46.0 Å². The number of morpholine rings is 1. The van der Waals surface area contributed by atoms with Gasteiger partial charge in [-0.05, 0) is 24.0 Å². The number of hydrogen-bond donors (Lipinski definition) is 1. The molecule has 1 atom stereocenters. The van der Waals surface area contributed by atoms with Gasteiger partial charge < -0.3 is 15.4 Å². The van der Waals surface area contributed by atoms with Gasteiger partial charge in [0.05, 0.1) is 19.8 Å². The molecule has 1 saturated heterocycles. The van der Waals surface area contributed by atoms with Gasteiger partial charge in [0.2, 0.25) is 0 Å². The summed E-state index contributed by atoms with van der Waals surface area (Å²) in [6, 6.07) is 9.24. The lowest BCUT2D eigenvalue weighted by molar-refractivity contribution is 0.0673. The van der Waals surface area contributed by atoms with Crippen molar-refractivity contribution in [2.75, 3.05) is 39.4 Å². The molecule has 2 heterocycles. The van der Waals surface area contributed by atoms with Crippen molar-refractivity contribution < 1.29 is 4.74 Å². The Kier molecular flexibility index (Phi) is 7.77. The van der Waals surface area contributed by atoms with E-state index in [1.807, 2.05) is 0 Å². The van der Waals surface area contributed by atoms with Gasteiger partial charge in [-0.3, -0.25) is 9.89 Å². The van der Waals surface area contributed by atoms with Crippen LogP contribution in [-0.2, 0) is 17.7 Å². The first-order valence-electron chi connectivity index (χ1n) is 8.71. The van der Waals surface area contributed by atoms with Crippen LogP contribution in [0.1, 0.15) is 24.5 Å². The van der Waals surface area contributed by atoms with Crippen LogP contribution in [0.3, 0.4) is 0 Å². The highest BCUT2D eigenvalue weighted by Crippen LogP contribution is 2.21. The summed E-state index contributed by atoms with van der Waals surface area (Å²) in [4.78, 5) is 9.35. The van der Waals surface area contributed by atoms with Crippen LogP contribution in [0.2, 0.25) is 0 Å². The third-order valence-corrected chi connectivity index (χ3v) is 4.95. The van der Waals surface area contributed by atoms with E-state index >= 15 is 0 Å². The van der Waals surface area contributed by atoms with Crippen molar-refractivity contribution in [2.24, 2.45) is 10.7 Å². The molecule has 2 aliphatic heterocycles. The van der Waals surface area contributed by atoms with Crippen LogP contribution in [-0.4, -0.2) is 61.2 Å². The fraction of sp³-hybridized carbons (Fsp3) is 0.611. The number of halogens is 1. The summed E-state index contributed by atoms with van der Waals surface area (Å²) in [6.07, 6.45) is 2.23. The van der Waals surface area contributed by atoms with Gasteiger partial charge in [0.1, 0.15) is 0 Å². The van der Waals surface area contributed by atoms with Crippen LogP contribution >= 0.6 is 24.0 Å². The minimum Gasteiger partial charge on any atom is -0.378 e. The van der Waals surface area contributed by atoms with Crippen molar-refractivity contribution in [2.45, 2.75) is 32.4 Å². The van der Waals surface area contributed by atoms with Crippen molar-refractivity contribution in [3.8, 4) is 0 Å². The number of rotatable bonds is 4. The molecule has 0 saturated carbocycles. The van der Waals surface area contributed by atoms with Crippen molar-refractivity contribution in [3.63, 3.8) is 0 Å². The standard InChI is InChI=1S/C18H28N4O.HI/c1-2-17(13-20-18(19)21-9-11-23-12-10-21)22-8-7-15-5-3-4-6-16(15)14-22;/h3-6,17H,2,7-14H2,1H3,(H2,19,20);1H. The second kappa shape index (κ2) is 9.58. The summed E-state index contributed by atoms with van der Waals surface area (Å²) in [5.74, 6) is 0.671. The molecule has 0 aliphatic carbocycles. The van der Waals surface area contributed by atoms with Gasteiger partial charge in [-0.15, -0.1) is 24.0 Å². The van der Waals surface area contributed by atoms with E-state index < -0.39 is 0 Å². The molecular weight excluding hydrogens is 415 g/mol. The Hall–Kier alpha value is -0.860. The summed E-state index contributed by atoms with van der Waals surface area (Å²) in [5.41, 5.74) is 9.12. The SMILES string of the molecule is CCC(CN=C(N)N1CCOCC1)N1CCc2ccccc2C1.I. The summed E-state index contributed by atoms with van der Waals surface area (Å²) < 4.78 is 5.36. The second-order valence-electron chi connectivity index (χ2n) is 6.35. The Labute approximate surface area is 162 Å². The minimum atomic E-state index is 0. The van der Waals surface area contributed by atoms with Crippen molar-refractivity contribution in [3.05, 3.63) is 35.4 Å². The maximum atomic E-state index is 6.16. The molecule has 1 aromatic carbocycles. The largest absolute Gasteiger partial charge is 0.378 e. The number of aliphatic imine (C=N–C) groups is 1. The summed E-state index contributed by atoms with van der Waals surface area (Å²) in [6.45, 7) is 8.36. The number of guanidine groups is 1. The molecule has 1 fully saturated rings. The zero-order valence-electron chi connectivity index (χ0n) is 14.5. The molecule has 1 aromatic rings. The molecule has 0 bridgehead atoms. The lowest BCUT2D eigenvalue weighted by atomic mass is 9.98. The van der Waals surface area contributed by atoms with Crippen LogP contribution < -0.4 is 5.73 Å². The molecule has 6 heteroatoms. The lowest BCUT2D eigenvalue weighted by Crippen LogP contribution is -2.46. The maximum absolute atomic E-state index is 6.16. The van der Waals surface area contributed by atoms with Gasteiger partial charge in [0.15, 0.2) is 5.96 Å². The van der Waals surface area contributed by atoms with E-state index in [0.717, 1.165) is 58.8 Å². The zero-order valence-corrected chi connectivity index (χ0v) is 16.8. The Balaban J connectivity index is 0.00000208. The number of ether oxygens (including phenoxy) is 1. The van der Waals surface area contributed by atoms with E-state index in [0.29, 0.717) is 12.0 Å². The van der Waals surface area contributed by atoms with E-state index in [9.17, 15) is 0 Å². The zero-order chi connectivity index (χ0) is 16.1. The van der Waals surface area contributed by atoms with Gasteiger partial charge in [-0.2, -0.15) is 0 Å². The van der Waals surface area contributed by atoms with Crippen molar-refractivity contribution in [1.29, 1.82) is 0 Å². The van der Waals surface area contributed by atoms with E-state index in [1.165, 1.54) is 11.1 Å². The second-order valence-corrected chi connectivity index (χ2v) is 6.35. The highest BCUT2D eigenvalue weighted by atomic mass is 127. The van der Waals surface area contributed by atoms with Gasteiger partial charge in [0, 0.05) is 32.2 Å². The highest BCUT2D eigenvalue weighted by molar-refractivity contribution is 14.0. The molecule has 3 rings (SSSR count). The van der Waals surface area contributed by atoms with E-state index in [4.69, 9.17) is 10.5 Å². The summed E-state index contributed by atoms with van der Waals surface area (Å²) in [5, 5.41) is 0. The quantitative estimate of drug-likeness (QED) is 0.439. The first kappa shape index (κ1) is 19.5. The molecular formula is C18H29IN4O. The predicted octanol–water partition coefficient (Wildman–Crippen LogP) is 2.09. The van der Waals surface area contributed by atoms with Crippen molar-refractivity contribution in [1.82, 2.24) is 9.80 Å². The monoisotopic (exact) mass is 444 g/mol. The van der Waals surface area contributed by atoms with Gasteiger partial charge in [-0.25, -0.2) is 0 Å². The Bertz CT molecular complexity index is 546. The topological polar surface area (TPSA) is 54.1 Å².